The summed E-state index contributed by atoms with van der Waals surface area (Å²) in [6.07, 6.45) is 0. The van der Waals surface area contributed by atoms with Crippen molar-refractivity contribution in [2.75, 3.05) is 14.2 Å². The van der Waals surface area contributed by atoms with Gasteiger partial charge < -0.3 is 8.85 Å². The minimum atomic E-state index is -1.87. The van der Waals surface area contributed by atoms with Crippen LogP contribution < -0.4 is 0 Å². The first-order chi connectivity index (χ1) is 9.35. The normalized spacial score (nSPS) is 11.4. The van der Waals surface area contributed by atoms with Gasteiger partial charge in [-0.2, -0.15) is 0 Å². The van der Waals surface area contributed by atoms with E-state index in [1.165, 1.54) is 5.56 Å². The van der Waals surface area contributed by atoms with Gasteiger partial charge in [-0.05, 0) is 30.8 Å². The van der Waals surface area contributed by atoms with Gasteiger partial charge in [-0.15, -0.1) is 0 Å². The van der Waals surface area contributed by atoms with Gasteiger partial charge in [0, 0.05) is 14.2 Å². The zero-order valence-electron chi connectivity index (χ0n) is 14.3. The summed E-state index contributed by atoms with van der Waals surface area (Å²) in [4.78, 5) is 0. The first-order valence-corrected chi connectivity index (χ1v) is 9.70. The van der Waals surface area contributed by atoms with Gasteiger partial charge in [0.1, 0.15) is 0 Å². The van der Waals surface area contributed by atoms with Crippen molar-refractivity contribution in [3.05, 3.63) is 35.9 Å². The highest BCUT2D eigenvalue weighted by Crippen LogP contribution is 2.26. The molecular weight excluding hydrogens is 264 g/mol. The first kappa shape index (κ1) is 19.4. The van der Waals surface area contributed by atoms with Crippen LogP contribution in [0.4, 0.5) is 0 Å². The van der Waals surface area contributed by atoms with Crippen molar-refractivity contribution in [1.82, 2.24) is 0 Å². The summed E-state index contributed by atoms with van der Waals surface area (Å²) < 4.78 is 11.3. The molecule has 0 aromatic heterocycles. The molecule has 0 bridgehead atoms. The van der Waals surface area contributed by atoms with E-state index in [1.54, 1.807) is 14.2 Å². The van der Waals surface area contributed by atoms with Crippen molar-refractivity contribution in [3.63, 3.8) is 0 Å². The smallest absolute Gasteiger partial charge is 0.338 e. The molecule has 0 N–H and O–H groups in total. The molecule has 0 unspecified atom stereocenters. The van der Waals surface area contributed by atoms with E-state index in [1.807, 2.05) is 18.2 Å². The van der Waals surface area contributed by atoms with Crippen LogP contribution in [0.15, 0.2) is 30.3 Å². The Hall–Kier alpha value is -0.643. The Morgan fingerprint density at radius 3 is 1.45 bits per heavy atom. The van der Waals surface area contributed by atoms with Crippen molar-refractivity contribution in [3.8, 4) is 0 Å². The molecule has 0 fully saturated rings. The monoisotopic (exact) mass is 296 g/mol. The molecule has 1 aromatic carbocycles. The van der Waals surface area contributed by atoms with E-state index < -0.39 is 8.56 Å². The van der Waals surface area contributed by atoms with Gasteiger partial charge in [0.15, 0.2) is 0 Å². The van der Waals surface area contributed by atoms with Gasteiger partial charge in [-0.3, -0.25) is 0 Å². The molecule has 0 radical (unpaired) electrons. The molecule has 3 heteroatoms. The number of hydrogen-bond acceptors (Lipinski definition) is 2. The van der Waals surface area contributed by atoms with E-state index in [2.05, 4.69) is 46.8 Å². The molecule has 0 aliphatic rings. The lowest BCUT2D eigenvalue weighted by atomic mass is 10.2. The predicted molar refractivity (Wildman–Crippen MR) is 90.2 cm³/mol. The van der Waals surface area contributed by atoms with Crippen LogP contribution in [0.25, 0.3) is 0 Å². The first-order valence-electron chi connectivity index (χ1n) is 7.47. The summed E-state index contributed by atoms with van der Waals surface area (Å²) >= 11 is 0. The minimum absolute atomic E-state index is 0.658. The molecule has 0 heterocycles. The van der Waals surface area contributed by atoms with Gasteiger partial charge in [0.2, 0.25) is 0 Å². The van der Waals surface area contributed by atoms with E-state index in [4.69, 9.17) is 8.85 Å². The van der Waals surface area contributed by atoms with Gasteiger partial charge in [-0.25, -0.2) is 0 Å². The maximum atomic E-state index is 5.63. The second kappa shape index (κ2) is 10.1. The molecule has 20 heavy (non-hydrogen) atoms. The third-order valence-corrected chi connectivity index (χ3v) is 7.49. The zero-order valence-corrected chi connectivity index (χ0v) is 15.3. The molecule has 1 rings (SSSR count). The van der Waals surface area contributed by atoms with Crippen molar-refractivity contribution >= 4 is 8.56 Å². The van der Waals surface area contributed by atoms with Crippen molar-refractivity contribution in [1.29, 1.82) is 0 Å². The highest BCUT2D eigenvalue weighted by Gasteiger charge is 2.36. The molecule has 1 aromatic rings. The van der Waals surface area contributed by atoms with Crippen molar-refractivity contribution < 1.29 is 8.85 Å². The molecular formula is C17H32O2Si. The lowest BCUT2D eigenvalue weighted by molar-refractivity contribution is 0.230. The van der Waals surface area contributed by atoms with Crippen LogP contribution in [0, 0.1) is 18.8 Å². The van der Waals surface area contributed by atoms with Gasteiger partial charge in [0.05, 0.1) is 0 Å². The molecule has 0 amide bonds. The van der Waals surface area contributed by atoms with Crippen LogP contribution in [0.1, 0.15) is 33.3 Å². The van der Waals surface area contributed by atoms with Crippen LogP contribution in [0.3, 0.4) is 0 Å². The van der Waals surface area contributed by atoms with E-state index in [-0.39, 0.29) is 0 Å². The van der Waals surface area contributed by atoms with Crippen LogP contribution in [-0.4, -0.2) is 22.8 Å². The quantitative estimate of drug-likeness (QED) is 0.686. The lowest BCUT2D eigenvalue weighted by Crippen LogP contribution is -2.42. The van der Waals surface area contributed by atoms with Crippen molar-refractivity contribution in [2.24, 2.45) is 11.8 Å². The maximum Gasteiger partial charge on any atom is 0.338 e. The Kier molecular flexibility index (Phi) is 9.81. The second-order valence-corrected chi connectivity index (χ2v) is 9.62. The topological polar surface area (TPSA) is 18.5 Å². The molecule has 0 aliphatic carbocycles. The summed E-state index contributed by atoms with van der Waals surface area (Å²) in [6, 6.07) is 12.5. The standard InChI is InChI=1S/C10H24O2Si.C7H8/c1-9(2)7-13(11-5,12-6)8-10(3)4;1-7-5-3-2-4-6-7/h9-10H,7-8H2,1-6H3;2-6H,1H3. The molecule has 0 aliphatic heterocycles. The molecule has 0 atom stereocenters. The maximum absolute atomic E-state index is 5.63. The van der Waals surface area contributed by atoms with Gasteiger partial charge in [0.25, 0.3) is 0 Å². The zero-order chi connectivity index (χ0) is 15.6. The van der Waals surface area contributed by atoms with E-state index in [0.29, 0.717) is 11.8 Å². The Morgan fingerprint density at radius 1 is 0.850 bits per heavy atom. The fourth-order valence-electron chi connectivity index (χ4n) is 2.28. The highest BCUT2D eigenvalue weighted by molar-refractivity contribution is 6.67. The van der Waals surface area contributed by atoms with Crippen LogP contribution in [0.2, 0.25) is 12.1 Å². The number of benzene rings is 1. The fourth-order valence-corrected chi connectivity index (χ4v) is 5.77. The third kappa shape index (κ3) is 8.51. The summed E-state index contributed by atoms with van der Waals surface area (Å²) in [6.45, 7) is 11.0. The van der Waals surface area contributed by atoms with E-state index >= 15 is 0 Å². The fraction of sp³-hybridized carbons (Fsp3) is 0.647. The Bertz CT molecular complexity index is 320. The Morgan fingerprint density at radius 2 is 1.25 bits per heavy atom. The number of hydrogen-bond donors (Lipinski definition) is 0. The van der Waals surface area contributed by atoms with Crippen molar-refractivity contribution in [2.45, 2.75) is 46.7 Å². The predicted octanol–water partition coefficient (Wildman–Crippen LogP) is 5.03. The molecule has 116 valence electrons. The second-order valence-electron chi connectivity index (χ2n) is 6.17. The Labute approximate surface area is 126 Å². The van der Waals surface area contributed by atoms with Crippen LogP contribution >= 0.6 is 0 Å². The average molecular weight is 297 g/mol. The highest BCUT2D eigenvalue weighted by atomic mass is 28.4. The van der Waals surface area contributed by atoms with Crippen LogP contribution in [-0.2, 0) is 8.85 Å². The summed E-state index contributed by atoms with van der Waals surface area (Å²) in [5.74, 6) is 1.32. The number of aryl methyl sites for hydroxylation is 1. The average Bonchev–Trinajstić information content (AvgIpc) is 2.38. The Balaban J connectivity index is 0.000000428. The number of rotatable bonds is 6. The van der Waals surface area contributed by atoms with Gasteiger partial charge >= 0.3 is 8.56 Å². The largest absolute Gasteiger partial charge is 0.398 e. The lowest BCUT2D eigenvalue weighted by Gasteiger charge is -2.30. The van der Waals surface area contributed by atoms with Crippen LogP contribution in [0.5, 0.6) is 0 Å². The summed E-state index contributed by atoms with van der Waals surface area (Å²) in [5, 5.41) is 0. The summed E-state index contributed by atoms with van der Waals surface area (Å²) in [5.41, 5.74) is 1.32. The third-order valence-electron chi connectivity index (χ3n) is 3.12. The molecule has 0 spiro atoms. The minimum Gasteiger partial charge on any atom is -0.398 e. The molecule has 0 saturated heterocycles. The molecule has 0 saturated carbocycles. The SMILES string of the molecule is CO[Si](CC(C)C)(CC(C)C)OC.Cc1ccccc1. The van der Waals surface area contributed by atoms with E-state index in [9.17, 15) is 0 Å². The summed E-state index contributed by atoms with van der Waals surface area (Å²) in [7, 11) is 1.71. The van der Waals surface area contributed by atoms with Gasteiger partial charge in [-0.1, -0.05) is 63.6 Å². The molecule has 2 nitrogen and oxygen atoms in total. The van der Waals surface area contributed by atoms with E-state index in [0.717, 1.165) is 12.1 Å².